The Balaban J connectivity index is 2.35. The van der Waals surface area contributed by atoms with Gasteiger partial charge >= 0.3 is 0 Å². The second-order valence-corrected chi connectivity index (χ2v) is 3.72. The third-order valence-electron chi connectivity index (χ3n) is 2.54. The van der Waals surface area contributed by atoms with Crippen molar-refractivity contribution in [1.29, 1.82) is 0 Å². The largest absolute Gasteiger partial charge is 0.367 e. The van der Waals surface area contributed by atoms with Gasteiger partial charge in [-0.25, -0.2) is 13.2 Å². The summed E-state index contributed by atoms with van der Waals surface area (Å²) in [6.45, 7) is 0.959. The lowest BCUT2D eigenvalue weighted by molar-refractivity contribution is 0.494. The van der Waals surface area contributed by atoms with Gasteiger partial charge in [-0.2, -0.15) is 0 Å². The minimum atomic E-state index is -1.16. The maximum atomic E-state index is 13.3. The fourth-order valence-electron chi connectivity index (χ4n) is 1.78. The third kappa shape index (κ3) is 1.92. The van der Waals surface area contributed by atoms with E-state index in [0.717, 1.165) is 6.07 Å². The summed E-state index contributed by atoms with van der Waals surface area (Å²) in [5.41, 5.74) is 5.60. The van der Waals surface area contributed by atoms with Crippen LogP contribution >= 0.6 is 0 Å². The van der Waals surface area contributed by atoms with Crippen LogP contribution in [0, 0.1) is 17.5 Å². The van der Waals surface area contributed by atoms with Crippen LogP contribution in [0.25, 0.3) is 0 Å². The van der Waals surface area contributed by atoms with Gasteiger partial charge < -0.3 is 10.6 Å². The Labute approximate surface area is 85.5 Å². The first-order valence-electron chi connectivity index (χ1n) is 4.73. The zero-order valence-corrected chi connectivity index (χ0v) is 8.01. The van der Waals surface area contributed by atoms with Gasteiger partial charge in [-0.1, -0.05) is 0 Å². The Morgan fingerprint density at radius 1 is 1.27 bits per heavy atom. The molecular weight excluding hydrogens is 205 g/mol. The van der Waals surface area contributed by atoms with Crippen molar-refractivity contribution in [3.63, 3.8) is 0 Å². The van der Waals surface area contributed by atoms with Gasteiger partial charge in [-0.3, -0.25) is 0 Å². The molecule has 15 heavy (non-hydrogen) atoms. The molecule has 1 aliphatic rings. The van der Waals surface area contributed by atoms with Gasteiger partial charge in [0.1, 0.15) is 5.82 Å². The molecule has 1 saturated heterocycles. The molecular formula is C10H11F3N2. The highest BCUT2D eigenvalue weighted by Gasteiger charge is 2.23. The standard InChI is InChI=1S/C10H11F3N2/c11-6-3-8(12)10(13)9(4-6)15-2-1-7(14)5-15/h3-4,7H,1-2,5,14H2. The van der Waals surface area contributed by atoms with Gasteiger partial charge in [0.05, 0.1) is 5.69 Å². The van der Waals surface area contributed by atoms with E-state index in [1.165, 1.54) is 0 Å². The third-order valence-corrected chi connectivity index (χ3v) is 2.54. The number of benzene rings is 1. The van der Waals surface area contributed by atoms with Crippen LogP contribution in [0.1, 0.15) is 6.42 Å². The molecule has 2 nitrogen and oxygen atoms in total. The quantitative estimate of drug-likeness (QED) is 0.723. The highest BCUT2D eigenvalue weighted by molar-refractivity contribution is 5.49. The van der Waals surface area contributed by atoms with Gasteiger partial charge in [-0.05, 0) is 6.42 Å². The number of nitrogens with two attached hydrogens (primary N) is 1. The SMILES string of the molecule is NC1CCN(c2cc(F)cc(F)c2F)C1. The average molecular weight is 216 g/mol. The summed E-state index contributed by atoms with van der Waals surface area (Å²) in [6, 6.07) is 1.47. The van der Waals surface area contributed by atoms with E-state index >= 15 is 0 Å². The van der Waals surface area contributed by atoms with E-state index in [2.05, 4.69) is 0 Å². The van der Waals surface area contributed by atoms with E-state index in [-0.39, 0.29) is 11.7 Å². The van der Waals surface area contributed by atoms with Crippen molar-refractivity contribution in [3.05, 3.63) is 29.6 Å². The molecule has 1 atom stereocenters. The average Bonchev–Trinajstić information content (AvgIpc) is 2.58. The molecule has 2 rings (SSSR count). The molecule has 0 amide bonds. The summed E-state index contributed by atoms with van der Waals surface area (Å²) < 4.78 is 39.1. The topological polar surface area (TPSA) is 29.3 Å². The smallest absolute Gasteiger partial charge is 0.182 e. The van der Waals surface area contributed by atoms with Crippen LogP contribution in [0.5, 0.6) is 0 Å². The number of nitrogens with zero attached hydrogens (tertiary/aromatic N) is 1. The molecule has 0 bridgehead atoms. The Morgan fingerprint density at radius 2 is 2.00 bits per heavy atom. The molecule has 1 unspecified atom stereocenters. The maximum Gasteiger partial charge on any atom is 0.182 e. The molecule has 1 aromatic carbocycles. The Bertz CT molecular complexity index is 381. The first-order chi connectivity index (χ1) is 7.08. The summed E-state index contributed by atoms with van der Waals surface area (Å²) in [4.78, 5) is 1.56. The minimum Gasteiger partial charge on any atom is -0.367 e. The number of hydrogen-bond donors (Lipinski definition) is 1. The highest BCUT2D eigenvalue weighted by atomic mass is 19.2. The van der Waals surface area contributed by atoms with Crippen molar-refractivity contribution in [2.45, 2.75) is 12.5 Å². The summed E-state index contributed by atoms with van der Waals surface area (Å²) in [7, 11) is 0. The van der Waals surface area contributed by atoms with Crippen LogP contribution in [-0.4, -0.2) is 19.1 Å². The number of hydrogen-bond acceptors (Lipinski definition) is 2. The van der Waals surface area contributed by atoms with E-state index in [4.69, 9.17) is 5.73 Å². The van der Waals surface area contributed by atoms with E-state index in [9.17, 15) is 13.2 Å². The molecule has 5 heteroatoms. The molecule has 0 aliphatic carbocycles. The molecule has 1 aromatic rings. The van der Waals surface area contributed by atoms with Crippen LogP contribution in [0.15, 0.2) is 12.1 Å². The van der Waals surface area contributed by atoms with Crippen molar-refractivity contribution in [1.82, 2.24) is 0 Å². The van der Waals surface area contributed by atoms with Crippen LogP contribution < -0.4 is 10.6 Å². The zero-order chi connectivity index (χ0) is 11.0. The minimum absolute atomic E-state index is 0.0412. The van der Waals surface area contributed by atoms with Crippen molar-refractivity contribution >= 4 is 5.69 Å². The summed E-state index contributed by atoms with van der Waals surface area (Å²) in [5, 5.41) is 0. The van der Waals surface area contributed by atoms with Gasteiger partial charge in [0.15, 0.2) is 11.6 Å². The zero-order valence-electron chi connectivity index (χ0n) is 8.01. The van der Waals surface area contributed by atoms with Crippen LogP contribution in [0.3, 0.4) is 0 Å². The number of rotatable bonds is 1. The lowest BCUT2D eigenvalue weighted by Crippen LogP contribution is -2.27. The first kappa shape index (κ1) is 10.3. The molecule has 1 aliphatic heterocycles. The predicted molar refractivity (Wildman–Crippen MR) is 51.1 cm³/mol. The van der Waals surface area contributed by atoms with Gasteiger partial charge in [-0.15, -0.1) is 0 Å². The van der Waals surface area contributed by atoms with Gasteiger partial charge in [0, 0.05) is 31.3 Å². The summed E-state index contributed by atoms with van der Waals surface area (Å²) in [5.74, 6) is -2.94. The maximum absolute atomic E-state index is 13.3. The van der Waals surface area contributed by atoms with Crippen molar-refractivity contribution in [2.24, 2.45) is 5.73 Å². The predicted octanol–water partition coefficient (Wildman–Crippen LogP) is 1.64. The number of halogens is 3. The van der Waals surface area contributed by atoms with E-state index in [0.29, 0.717) is 25.6 Å². The second-order valence-electron chi connectivity index (χ2n) is 3.72. The lowest BCUT2D eigenvalue weighted by Gasteiger charge is -2.18. The van der Waals surface area contributed by atoms with Crippen molar-refractivity contribution < 1.29 is 13.2 Å². The van der Waals surface area contributed by atoms with E-state index < -0.39 is 17.5 Å². The number of anilines is 1. The Morgan fingerprint density at radius 3 is 2.60 bits per heavy atom. The Hall–Kier alpha value is -1.23. The molecule has 2 N–H and O–H groups in total. The fraction of sp³-hybridized carbons (Fsp3) is 0.400. The summed E-state index contributed by atoms with van der Waals surface area (Å²) >= 11 is 0. The Kier molecular flexibility index (Phi) is 2.56. The monoisotopic (exact) mass is 216 g/mol. The molecule has 82 valence electrons. The van der Waals surface area contributed by atoms with Crippen molar-refractivity contribution in [2.75, 3.05) is 18.0 Å². The molecule has 0 radical (unpaired) electrons. The highest BCUT2D eigenvalue weighted by Crippen LogP contribution is 2.26. The summed E-state index contributed by atoms with van der Waals surface area (Å²) in [6.07, 6.45) is 0.706. The van der Waals surface area contributed by atoms with Gasteiger partial charge in [0.2, 0.25) is 0 Å². The van der Waals surface area contributed by atoms with Crippen LogP contribution in [0.4, 0.5) is 18.9 Å². The molecule has 1 fully saturated rings. The lowest BCUT2D eigenvalue weighted by atomic mass is 10.2. The fourth-order valence-corrected chi connectivity index (χ4v) is 1.78. The van der Waals surface area contributed by atoms with Crippen molar-refractivity contribution in [3.8, 4) is 0 Å². The molecule has 0 saturated carbocycles. The molecule has 1 heterocycles. The molecule has 0 spiro atoms. The molecule has 0 aromatic heterocycles. The normalized spacial score (nSPS) is 21.1. The first-order valence-corrected chi connectivity index (χ1v) is 4.73. The van der Waals surface area contributed by atoms with Gasteiger partial charge in [0.25, 0.3) is 0 Å². The van der Waals surface area contributed by atoms with E-state index in [1.807, 2.05) is 0 Å². The van der Waals surface area contributed by atoms with E-state index in [1.54, 1.807) is 4.90 Å². The second kappa shape index (κ2) is 3.73. The van der Waals surface area contributed by atoms with Crippen LogP contribution in [-0.2, 0) is 0 Å². The van der Waals surface area contributed by atoms with Crippen LogP contribution in [0.2, 0.25) is 0 Å².